The largest absolute Gasteiger partial charge is 0.280 e. The number of nitrogens with zero attached hydrogens (tertiary/aromatic N) is 6. The van der Waals surface area contributed by atoms with Gasteiger partial charge >= 0.3 is 0 Å². The number of hydrogen-bond donors (Lipinski definition) is 0. The SMILES string of the molecule is CC(C)n1ncc2c(C(=O)N(C)c3ncccn3)cc(C3CC3)nc21. The number of carbonyl (C=O) groups excluding carboxylic acids is 1. The molecule has 0 radical (unpaired) electrons. The molecule has 7 heteroatoms. The van der Waals surface area contributed by atoms with E-state index in [1.807, 2.05) is 10.7 Å². The first-order valence-corrected chi connectivity index (χ1v) is 8.49. The number of carbonyl (C=O) groups is 1. The minimum absolute atomic E-state index is 0.149. The van der Waals surface area contributed by atoms with Crippen LogP contribution in [-0.2, 0) is 0 Å². The second-order valence-electron chi connectivity index (χ2n) is 6.70. The Kier molecular flexibility index (Phi) is 3.71. The molecular weight excluding hydrogens is 316 g/mol. The zero-order valence-electron chi connectivity index (χ0n) is 14.5. The maximum Gasteiger partial charge on any atom is 0.261 e. The van der Waals surface area contributed by atoms with Gasteiger partial charge in [0.1, 0.15) is 0 Å². The Balaban J connectivity index is 1.84. The molecule has 1 amide bonds. The number of fused-ring (bicyclic) bond motifs is 1. The van der Waals surface area contributed by atoms with Crippen molar-refractivity contribution in [1.82, 2.24) is 24.7 Å². The summed E-state index contributed by atoms with van der Waals surface area (Å²) in [6.45, 7) is 4.12. The maximum atomic E-state index is 13.1. The zero-order valence-corrected chi connectivity index (χ0v) is 14.5. The van der Waals surface area contributed by atoms with Crippen molar-refractivity contribution in [3.8, 4) is 0 Å². The minimum atomic E-state index is -0.149. The van der Waals surface area contributed by atoms with E-state index in [9.17, 15) is 4.79 Å². The van der Waals surface area contributed by atoms with E-state index in [0.29, 0.717) is 17.4 Å². The van der Waals surface area contributed by atoms with Gasteiger partial charge in [-0.3, -0.25) is 9.69 Å². The van der Waals surface area contributed by atoms with Crippen LogP contribution < -0.4 is 4.90 Å². The maximum absolute atomic E-state index is 13.1. The fourth-order valence-corrected chi connectivity index (χ4v) is 2.92. The van der Waals surface area contributed by atoms with E-state index >= 15 is 0 Å². The lowest BCUT2D eigenvalue weighted by molar-refractivity contribution is 0.0993. The molecule has 0 unspecified atom stereocenters. The van der Waals surface area contributed by atoms with E-state index in [-0.39, 0.29) is 11.9 Å². The molecule has 0 bridgehead atoms. The molecule has 0 atom stereocenters. The monoisotopic (exact) mass is 336 g/mol. The molecule has 0 spiro atoms. The Morgan fingerprint density at radius 2 is 2.00 bits per heavy atom. The van der Waals surface area contributed by atoms with Crippen molar-refractivity contribution in [2.45, 2.75) is 38.6 Å². The summed E-state index contributed by atoms with van der Waals surface area (Å²) >= 11 is 0. The Morgan fingerprint density at radius 1 is 1.28 bits per heavy atom. The van der Waals surface area contributed by atoms with Gasteiger partial charge in [-0.15, -0.1) is 0 Å². The van der Waals surface area contributed by atoms with E-state index in [1.54, 1.807) is 31.7 Å². The van der Waals surface area contributed by atoms with Crippen LogP contribution in [0.4, 0.5) is 5.95 Å². The van der Waals surface area contributed by atoms with Gasteiger partial charge in [-0.25, -0.2) is 19.6 Å². The predicted molar refractivity (Wildman–Crippen MR) is 94.7 cm³/mol. The molecule has 1 aliphatic rings. The van der Waals surface area contributed by atoms with Crippen LogP contribution in [0.3, 0.4) is 0 Å². The lowest BCUT2D eigenvalue weighted by atomic mass is 10.1. The molecule has 0 saturated heterocycles. The van der Waals surface area contributed by atoms with Gasteiger partial charge in [-0.1, -0.05) is 0 Å². The van der Waals surface area contributed by atoms with E-state index in [4.69, 9.17) is 4.98 Å². The summed E-state index contributed by atoms with van der Waals surface area (Å²) in [7, 11) is 1.69. The molecule has 25 heavy (non-hydrogen) atoms. The van der Waals surface area contributed by atoms with E-state index in [1.165, 1.54) is 4.90 Å². The topological polar surface area (TPSA) is 76.8 Å². The molecule has 3 aromatic rings. The summed E-state index contributed by atoms with van der Waals surface area (Å²) in [6, 6.07) is 3.82. The van der Waals surface area contributed by atoms with Gasteiger partial charge < -0.3 is 0 Å². The van der Waals surface area contributed by atoms with Crippen molar-refractivity contribution in [1.29, 1.82) is 0 Å². The van der Waals surface area contributed by atoms with Crippen molar-refractivity contribution in [3.05, 3.63) is 42.0 Å². The average molecular weight is 336 g/mol. The van der Waals surface area contributed by atoms with E-state index in [2.05, 4.69) is 28.9 Å². The second-order valence-corrected chi connectivity index (χ2v) is 6.70. The molecular formula is C18H20N6O. The minimum Gasteiger partial charge on any atom is -0.280 e. The van der Waals surface area contributed by atoms with Crippen molar-refractivity contribution in [2.75, 3.05) is 11.9 Å². The van der Waals surface area contributed by atoms with Crippen LogP contribution in [0.5, 0.6) is 0 Å². The van der Waals surface area contributed by atoms with Crippen LogP contribution in [0, 0.1) is 0 Å². The Bertz CT molecular complexity index is 929. The normalized spacial score (nSPS) is 14.2. The highest BCUT2D eigenvalue weighted by atomic mass is 16.2. The number of hydrogen-bond acceptors (Lipinski definition) is 5. The first-order chi connectivity index (χ1) is 12.1. The average Bonchev–Trinajstić information content (AvgIpc) is 3.39. The summed E-state index contributed by atoms with van der Waals surface area (Å²) in [4.78, 5) is 27.7. The van der Waals surface area contributed by atoms with Crippen LogP contribution in [0.2, 0.25) is 0 Å². The van der Waals surface area contributed by atoms with Gasteiger partial charge in [0.15, 0.2) is 5.65 Å². The van der Waals surface area contributed by atoms with Crippen LogP contribution in [0.25, 0.3) is 11.0 Å². The van der Waals surface area contributed by atoms with Crippen molar-refractivity contribution in [2.24, 2.45) is 0 Å². The molecule has 1 aliphatic carbocycles. The summed E-state index contributed by atoms with van der Waals surface area (Å²) in [6.07, 6.45) is 7.23. The molecule has 0 aromatic carbocycles. The number of aromatic nitrogens is 5. The van der Waals surface area contributed by atoms with Gasteiger partial charge in [0, 0.05) is 37.1 Å². The smallest absolute Gasteiger partial charge is 0.261 e. The van der Waals surface area contributed by atoms with Crippen LogP contribution in [0.1, 0.15) is 54.7 Å². The molecule has 0 aliphatic heterocycles. The molecule has 3 heterocycles. The van der Waals surface area contributed by atoms with Gasteiger partial charge in [0.05, 0.1) is 17.1 Å². The highest BCUT2D eigenvalue weighted by Gasteiger charge is 2.29. The molecule has 3 aromatic heterocycles. The van der Waals surface area contributed by atoms with Crippen LogP contribution in [-0.4, -0.2) is 37.7 Å². The lowest BCUT2D eigenvalue weighted by Crippen LogP contribution is -2.28. The molecule has 1 saturated carbocycles. The number of amides is 1. The summed E-state index contributed by atoms with van der Waals surface area (Å²) in [5, 5.41) is 5.21. The van der Waals surface area contributed by atoms with Crippen molar-refractivity contribution >= 4 is 22.9 Å². The van der Waals surface area contributed by atoms with Gasteiger partial charge in [-0.2, -0.15) is 5.10 Å². The van der Waals surface area contributed by atoms with Crippen LogP contribution >= 0.6 is 0 Å². The third-order valence-electron chi connectivity index (χ3n) is 4.46. The fourth-order valence-electron chi connectivity index (χ4n) is 2.92. The quantitative estimate of drug-likeness (QED) is 0.732. The number of rotatable bonds is 4. The number of anilines is 1. The summed E-state index contributed by atoms with van der Waals surface area (Å²) in [5.74, 6) is 0.676. The van der Waals surface area contributed by atoms with Crippen LogP contribution in [0.15, 0.2) is 30.7 Å². The predicted octanol–water partition coefficient (Wildman–Crippen LogP) is 2.96. The summed E-state index contributed by atoms with van der Waals surface area (Å²) in [5.41, 5.74) is 2.35. The third kappa shape index (κ3) is 2.75. The summed E-state index contributed by atoms with van der Waals surface area (Å²) < 4.78 is 1.87. The van der Waals surface area contributed by atoms with E-state index < -0.39 is 0 Å². The zero-order chi connectivity index (χ0) is 17.6. The standard InChI is InChI=1S/C18H20N6O/c1-11(2)24-16-14(10-21-24)13(9-15(22-16)12-5-6-12)17(25)23(3)18-19-7-4-8-20-18/h4,7-12H,5-6H2,1-3H3. The van der Waals surface area contributed by atoms with Gasteiger partial charge in [0.25, 0.3) is 5.91 Å². The molecule has 7 nitrogen and oxygen atoms in total. The fraction of sp³-hybridized carbons (Fsp3) is 0.389. The van der Waals surface area contributed by atoms with Crippen molar-refractivity contribution < 1.29 is 4.79 Å². The lowest BCUT2D eigenvalue weighted by Gasteiger charge is -2.16. The Labute approximate surface area is 145 Å². The second kappa shape index (κ2) is 5.91. The molecule has 128 valence electrons. The Hall–Kier alpha value is -2.83. The highest BCUT2D eigenvalue weighted by molar-refractivity contribution is 6.12. The molecule has 0 N–H and O–H groups in total. The van der Waals surface area contributed by atoms with Crippen molar-refractivity contribution in [3.63, 3.8) is 0 Å². The van der Waals surface area contributed by atoms with Gasteiger partial charge in [0.2, 0.25) is 5.95 Å². The Morgan fingerprint density at radius 3 is 2.64 bits per heavy atom. The first kappa shape index (κ1) is 15.7. The third-order valence-corrected chi connectivity index (χ3v) is 4.46. The number of pyridine rings is 1. The molecule has 1 fully saturated rings. The molecule has 4 rings (SSSR count). The van der Waals surface area contributed by atoms with Gasteiger partial charge in [-0.05, 0) is 38.8 Å². The highest BCUT2D eigenvalue weighted by Crippen LogP contribution is 2.40. The van der Waals surface area contributed by atoms with E-state index in [0.717, 1.165) is 29.6 Å². The first-order valence-electron chi connectivity index (χ1n) is 8.49.